The van der Waals surface area contributed by atoms with Crippen LogP contribution in [0.4, 0.5) is 0 Å². The second-order valence-corrected chi connectivity index (χ2v) is 5.38. The molecular weight excluding hydrogens is 187 g/mol. The Morgan fingerprint density at radius 3 is 1.62 bits per heavy atom. The van der Waals surface area contributed by atoms with Crippen molar-refractivity contribution in [2.45, 2.75) is 52.7 Å². The smallest absolute Gasteiger partial charge is 0.306 e. The van der Waals surface area contributed by atoms with Gasteiger partial charge in [-0.3, -0.25) is 4.57 Å². The molecule has 0 saturated carbocycles. The lowest BCUT2D eigenvalue weighted by Crippen LogP contribution is -2.10. The Morgan fingerprint density at radius 1 is 1.08 bits per heavy atom. The molecule has 0 aromatic heterocycles. The third-order valence-electron chi connectivity index (χ3n) is 1.89. The molecule has 0 N–H and O–H groups in total. The zero-order valence-electron chi connectivity index (χ0n) is 9.24. The monoisotopic (exact) mass is 208 g/mol. The Labute approximate surface area is 81.3 Å². The van der Waals surface area contributed by atoms with E-state index in [9.17, 15) is 4.57 Å². The van der Waals surface area contributed by atoms with Gasteiger partial charge in [-0.2, -0.15) is 0 Å². The summed E-state index contributed by atoms with van der Waals surface area (Å²) in [6.45, 7) is 9.32. The minimum Gasteiger partial charge on any atom is -0.306 e. The fourth-order valence-corrected chi connectivity index (χ4v) is 2.48. The quantitative estimate of drug-likeness (QED) is 0.627. The summed E-state index contributed by atoms with van der Waals surface area (Å²) in [7, 11) is -2.84. The van der Waals surface area contributed by atoms with Gasteiger partial charge in [-0.25, -0.2) is 0 Å². The van der Waals surface area contributed by atoms with Crippen LogP contribution < -0.4 is 0 Å². The fraction of sp³-hybridized carbons (Fsp3) is 1.00. The van der Waals surface area contributed by atoms with Crippen LogP contribution in [0.15, 0.2) is 0 Å². The first-order valence-corrected chi connectivity index (χ1v) is 6.84. The Morgan fingerprint density at radius 2 is 1.38 bits per heavy atom. The molecule has 2 unspecified atom stereocenters. The van der Waals surface area contributed by atoms with Gasteiger partial charge in [0.2, 0.25) is 0 Å². The summed E-state index contributed by atoms with van der Waals surface area (Å²) in [6, 6.07) is 0. The molecule has 0 amide bonds. The third-order valence-corrected chi connectivity index (χ3v) is 3.38. The summed E-state index contributed by atoms with van der Waals surface area (Å²) >= 11 is 0. The molecule has 0 bridgehead atoms. The molecule has 0 aromatic rings. The molecule has 0 fully saturated rings. The minimum absolute atomic E-state index is 0.000102. The molecule has 0 saturated heterocycles. The highest BCUT2D eigenvalue weighted by Gasteiger charge is 2.22. The number of rotatable bonds is 6. The average Bonchev–Trinajstić information content (AvgIpc) is 2.02. The van der Waals surface area contributed by atoms with E-state index in [4.69, 9.17) is 9.05 Å². The summed E-state index contributed by atoms with van der Waals surface area (Å²) < 4.78 is 22.3. The van der Waals surface area contributed by atoms with Gasteiger partial charge in [0.05, 0.1) is 12.2 Å². The first-order valence-electron chi connectivity index (χ1n) is 4.85. The van der Waals surface area contributed by atoms with Crippen molar-refractivity contribution in [2.24, 2.45) is 0 Å². The highest BCUT2D eigenvalue weighted by Crippen LogP contribution is 2.47. The molecule has 0 aliphatic carbocycles. The van der Waals surface area contributed by atoms with Crippen LogP contribution in [0, 0.1) is 0 Å². The molecule has 0 aliphatic heterocycles. The highest BCUT2D eigenvalue weighted by molar-refractivity contribution is 7.53. The van der Waals surface area contributed by atoms with Gasteiger partial charge >= 0.3 is 7.60 Å². The standard InChI is InChI=1S/C9H21O3P/c1-6-8(3)11-13(5,10)12-9(4)7-2/h8-9H,6-7H2,1-5H3. The molecule has 0 radical (unpaired) electrons. The normalized spacial score (nSPS) is 20.7. The van der Waals surface area contributed by atoms with Crippen LogP contribution in [-0.4, -0.2) is 18.9 Å². The summed E-state index contributed by atoms with van der Waals surface area (Å²) in [4.78, 5) is 0. The van der Waals surface area contributed by atoms with E-state index < -0.39 is 7.60 Å². The van der Waals surface area contributed by atoms with Crippen LogP contribution in [0.3, 0.4) is 0 Å². The molecule has 0 rings (SSSR count). The van der Waals surface area contributed by atoms with Crippen LogP contribution in [-0.2, 0) is 13.6 Å². The first-order chi connectivity index (χ1) is 5.91. The van der Waals surface area contributed by atoms with Crippen LogP contribution in [0.5, 0.6) is 0 Å². The highest BCUT2D eigenvalue weighted by atomic mass is 31.2. The van der Waals surface area contributed by atoms with Crippen molar-refractivity contribution in [3.8, 4) is 0 Å². The van der Waals surface area contributed by atoms with Gasteiger partial charge in [0.15, 0.2) is 0 Å². The third kappa shape index (κ3) is 6.25. The maximum atomic E-state index is 11.7. The summed E-state index contributed by atoms with van der Waals surface area (Å²) in [5, 5.41) is 0. The zero-order valence-corrected chi connectivity index (χ0v) is 10.1. The molecule has 0 aromatic carbocycles. The van der Waals surface area contributed by atoms with Gasteiger partial charge in [0, 0.05) is 6.66 Å². The number of hydrogen-bond acceptors (Lipinski definition) is 3. The fourth-order valence-electron chi connectivity index (χ4n) is 0.828. The maximum Gasteiger partial charge on any atom is 0.328 e. The Balaban J connectivity index is 4.00. The molecule has 0 spiro atoms. The van der Waals surface area contributed by atoms with Crippen molar-refractivity contribution in [1.29, 1.82) is 0 Å². The molecular formula is C9H21O3P. The Bertz CT molecular complexity index is 166. The predicted molar refractivity (Wildman–Crippen MR) is 55.2 cm³/mol. The lowest BCUT2D eigenvalue weighted by molar-refractivity contribution is 0.127. The second kappa shape index (κ2) is 5.79. The SMILES string of the molecule is CCC(C)OP(C)(=O)OC(C)CC. The van der Waals surface area contributed by atoms with E-state index >= 15 is 0 Å². The van der Waals surface area contributed by atoms with Crippen molar-refractivity contribution in [2.75, 3.05) is 6.66 Å². The van der Waals surface area contributed by atoms with E-state index in [1.165, 1.54) is 6.66 Å². The Kier molecular flexibility index (Phi) is 5.86. The molecule has 0 heterocycles. The number of hydrogen-bond donors (Lipinski definition) is 0. The Hall–Kier alpha value is 0.150. The summed E-state index contributed by atoms with van der Waals surface area (Å²) in [5.41, 5.74) is 0. The van der Waals surface area contributed by atoms with Gasteiger partial charge in [-0.15, -0.1) is 0 Å². The van der Waals surface area contributed by atoms with E-state index in [1.54, 1.807) is 0 Å². The van der Waals surface area contributed by atoms with Crippen LogP contribution >= 0.6 is 7.60 Å². The van der Waals surface area contributed by atoms with Crippen molar-refractivity contribution in [1.82, 2.24) is 0 Å². The topological polar surface area (TPSA) is 35.5 Å². The van der Waals surface area contributed by atoms with Gasteiger partial charge in [-0.1, -0.05) is 13.8 Å². The molecule has 80 valence electrons. The largest absolute Gasteiger partial charge is 0.328 e. The van der Waals surface area contributed by atoms with Crippen molar-refractivity contribution < 1.29 is 13.6 Å². The molecule has 4 heteroatoms. The van der Waals surface area contributed by atoms with E-state index in [0.29, 0.717) is 0 Å². The van der Waals surface area contributed by atoms with Crippen molar-refractivity contribution >= 4 is 7.60 Å². The molecule has 0 aliphatic rings. The van der Waals surface area contributed by atoms with E-state index in [0.717, 1.165) is 12.8 Å². The van der Waals surface area contributed by atoms with Gasteiger partial charge < -0.3 is 9.05 Å². The second-order valence-electron chi connectivity index (χ2n) is 3.42. The van der Waals surface area contributed by atoms with E-state index in [2.05, 4.69) is 0 Å². The van der Waals surface area contributed by atoms with Gasteiger partial charge in [0.1, 0.15) is 0 Å². The lowest BCUT2D eigenvalue weighted by Gasteiger charge is -2.21. The first kappa shape index (κ1) is 13.2. The van der Waals surface area contributed by atoms with Gasteiger partial charge in [0.25, 0.3) is 0 Å². The van der Waals surface area contributed by atoms with Crippen LogP contribution in [0.1, 0.15) is 40.5 Å². The average molecular weight is 208 g/mol. The summed E-state index contributed by atoms with van der Waals surface area (Å²) in [6.07, 6.45) is 1.70. The minimum atomic E-state index is -2.84. The van der Waals surface area contributed by atoms with Crippen LogP contribution in [0.25, 0.3) is 0 Å². The van der Waals surface area contributed by atoms with Gasteiger partial charge in [-0.05, 0) is 26.7 Å². The van der Waals surface area contributed by atoms with E-state index in [1.807, 2.05) is 27.7 Å². The maximum absolute atomic E-state index is 11.7. The summed E-state index contributed by atoms with van der Waals surface area (Å²) in [5.74, 6) is 0. The lowest BCUT2D eigenvalue weighted by atomic mass is 10.3. The molecule has 13 heavy (non-hydrogen) atoms. The van der Waals surface area contributed by atoms with Crippen molar-refractivity contribution in [3.63, 3.8) is 0 Å². The predicted octanol–water partition coefficient (Wildman–Crippen LogP) is 3.44. The van der Waals surface area contributed by atoms with Crippen LogP contribution in [0.2, 0.25) is 0 Å². The van der Waals surface area contributed by atoms with Crippen molar-refractivity contribution in [3.05, 3.63) is 0 Å². The molecule has 3 nitrogen and oxygen atoms in total. The zero-order chi connectivity index (χ0) is 10.5. The molecule has 2 atom stereocenters. The van der Waals surface area contributed by atoms with E-state index in [-0.39, 0.29) is 12.2 Å².